The van der Waals surface area contributed by atoms with E-state index in [1.165, 1.54) is 0 Å². The number of benzene rings is 2. The summed E-state index contributed by atoms with van der Waals surface area (Å²) >= 11 is 0. The molecule has 0 saturated heterocycles. The van der Waals surface area contributed by atoms with Crippen LogP contribution in [0.15, 0.2) is 48.5 Å². The second-order valence-electron chi connectivity index (χ2n) is 6.25. The molecule has 0 amide bonds. The number of hydrogen-bond acceptors (Lipinski definition) is 8. The summed E-state index contributed by atoms with van der Waals surface area (Å²) in [4.78, 5) is 19.6. The summed E-state index contributed by atoms with van der Waals surface area (Å²) in [7, 11) is 0. The fraction of sp³-hybridized carbons (Fsp3) is 0.238. The van der Waals surface area contributed by atoms with Gasteiger partial charge in [-0.1, -0.05) is 0 Å². The van der Waals surface area contributed by atoms with Gasteiger partial charge < -0.3 is 20.1 Å². The molecule has 30 heavy (non-hydrogen) atoms. The van der Waals surface area contributed by atoms with Gasteiger partial charge >= 0.3 is 5.69 Å². The second kappa shape index (κ2) is 9.55. The van der Waals surface area contributed by atoms with Crippen molar-refractivity contribution >= 4 is 28.8 Å². The van der Waals surface area contributed by atoms with Crippen LogP contribution in [0.3, 0.4) is 0 Å². The highest BCUT2D eigenvalue weighted by molar-refractivity contribution is 5.69. The minimum atomic E-state index is -0.493. The molecule has 0 aliphatic heterocycles. The summed E-state index contributed by atoms with van der Waals surface area (Å²) in [6.45, 7) is 6.53. The number of aryl methyl sites for hydroxylation is 1. The second-order valence-corrected chi connectivity index (χ2v) is 6.25. The Kier molecular flexibility index (Phi) is 6.63. The van der Waals surface area contributed by atoms with E-state index in [0.717, 1.165) is 11.4 Å². The van der Waals surface area contributed by atoms with Gasteiger partial charge in [0.2, 0.25) is 11.8 Å². The highest BCUT2D eigenvalue weighted by Gasteiger charge is 2.22. The quantitative estimate of drug-likeness (QED) is 0.376. The normalized spacial score (nSPS) is 10.4. The minimum Gasteiger partial charge on any atom is -0.494 e. The lowest BCUT2D eigenvalue weighted by atomic mass is 10.3. The van der Waals surface area contributed by atoms with E-state index in [9.17, 15) is 10.1 Å². The number of aromatic nitrogens is 2. The lowest BCUT2D eigenvalue weighted by Gasteiger charge is -2.12. The van der Waals surface area contributed by atoms with Crippen LogP contribution >= 0.6 is 0 Å². The standard InChI is InChI=1S/C21H23N5O4/c1-4-29-17-10-6-15(7-11-17)23-20-19(26(27)28)14(3)22-21(25-20)24-16-8-12-18(13-9-16)30-5-2/h6-13H,4-5H2,1-3H3,(H2,22,23,24,25). The maximum atomic E-state index is 11.6. The van der Waals surface area contributed by atoms with Crippen LogP contribution in [0.2, 0.25) is 0 Å². The lowest BCUT2D eigenvalue weighted by Crippen LogP contribution is -2.07. The zero-order valence-electron chi connectivity index (χ0n) is 17.0. The third-order valence-electron chi connectivity index (χ3n) is 4.09. The molecule has 0 atom stereocenters. The first kappa shape index (κ1) is 20.8. The van der Waals surface area contributed by atoms with Gasteiger partial charge in [0.25, 0.3) is 0 Å². The Hall–Kier alpha value is -3.88. The lowest BCUT2D eigenvalue weighted by molar-refractivity contribution is -0.385. The van der Waals surface area contributed by atoms with Gasteiger partial charge in [0, 0.05) is 11.4 Å². The first-order valence-electron chi connectivity index (χ1n) is 9.53. The first-order valence-corrected chi connectivity index (χ1v) is 9.53. The van der Waals surface area contributed by atoms with Crippen LogP contribution in [0.4, 0.5) is 28.8 Å². The average molecular weight is 409 g/mol. The van der Waals surface area contributed by atoms with Crippen molar-refractivity contribution in [3.63, 3.8) is 0 Å². The van der Waals surface area contributed by atoms with Crippen LogP contribution in [0.5, 0.6) is 11.5 Å². The molecule has 3 rings (SSSR count). The molecule has 2 N–H and O–H groups in total. The van der Waals surface area contributed by atoms with Crippen molar-refractivity contribution in [1.29, 1.82) is 0 Å². The van der Waals surface area contributed by atoms with Gasteiger partial charge in [-0.15, -0.1) is 0 Å². The molecular weight excluding hydrogens is 386 g/mol. The maximum Gasteiger partial charge on any atom is 0.332 e. The van der Waals surface area contributed by atoms with Crippen molar-refractivity contribution < 1.29 is 14.4 Å². The predicted octanol–water partition coefficient (Wildman–Crippen LogP) is 4.98. The van der Waals surface area contributed by atoms with Gasteiger partial charge in [0.1, 0.15) is 17.2 Å². The fourth-order valence-electron chi connectivity index (χ4n) is 2.80. The summed E-state index contributed by atoms with van der Waals surface area (Å²) in [5.41, 5.74) is 1.45. The summed E-state index contributed by atoms with van der Waals surface area (Å²) < 4.78 is 10.8. The maximum absolute atomic E-state index is 11.6. The zero-order valence-corrected chi connectivity index (χ0v) is 17.0. The van der Waals surface area contributed by atoms with E-state index in [1.54, 1.807) is 31.2 Å². The number of nitrogens with one attached hydrogen (secondary N) is 2. The molecule has 0 fully saturated rings. The molecule has 0 saturated carbocycles. The van der Waals surface area contributed by atoms with Gasteiger partial charge in [-0.05, 0) is 69.3 Å². The van der Waals surface area contributed by atoms with Gasteiger partial charge in [0.05, 0.1) is 18.1 Å². The third kappa shape index (κ3) is 5.13. The van der Waals surface area contributed by atoms with E-state index in [0.29, 0.717) is 24.7 Å². The predicted molar refractivity (Wildman–Crippen MR) is 115 cm³/mol. The van der Waals surface area contributed by atoms with E-state index >= 15 is 0 Å². The topological polar surface area (TPSA) is 111 Å². The molecule has 156 valence electrons. The summed E-state index contributed by atoms with van der Waals surface area (Å²) in [5.74, 6) is 1.82. The minimum absolute atomic E-state index is 0.102. The molecule has 0 aliphatic carbocycles. The van der Waals surface area contributed by atoms with Gasteiger partial charge in [-0.25, -0.2) is 4.98 Å². The molecule has 0 bridgehead atoms. The highest BCUT2D eigenvalue weighted by atomic mass is 16.6. The average Bonchev–Trinajstić information content (AvgIpc) is 2.71. The van der Waals surface area contributed by atoms with Crippen molar-refractivity contribution in [1.82, 2.24) is 9.97 Å². The van der Waals surface area contributed by atoms with E-state index in [4.69, 9.17) is 9.47 Å². The number of nitro groups is 1. The van der Waals surface area contributed by atoms with Crippen LogP contribution in [0.25, 0.3) is 0 Å². The third-order valence-corrected chi connectivity index (χ3v) is 4.09. The van der Waals surface area contributed by atoms with Gasteiger partial charge in [0.15, 0.2) is 0 Å². The first-order chi connectivity index (χ1) is 14.5. The molecule has 9 nitrogen and oxygen atoms in total. The molecule has 0 radical (unpaired) electrons. The largest absolute Gasteiger partial charge is 0.494 e. The van der Waals surface area contributed by atoms with Gasteiger partial charge in [-0.2, -0.15) is 4.98 Å². The van der Waals surface area contributed by atoms with E-state index in [1.807, 2.05) is 38.1 Å². The SMILES string of the molecule is CCOc1ccc(Nc2nc(C)c([N+](=O)[O-])c(Nc3ccc(OCC)cc3)n2)cc1. The molecule has 2 aromatic carbocycles. The van der Waals surface area contributed by atoms with E-state index in [2.05, 4.69) is 20.6 Å². The Balaban J connectivity index is 1.87. The van der Waals surface area contributed by atoms with Crippen LogP contribution in [-0.4, -0.2) is 28.1 Å². The van der Waals surface area contributed by atoms with E-state index < -0.39 is 4.92 Å². The number of nitrogens with zero attached hydrogens (tertiary/aromatic N) is 3. The molecule has 1 heterocycles. The van der Waals surface area contributed by atoms with Crippen molar-refractivity contribution in [2.24, 2.45) is 0 Å². The number of hydrogen-bond donors (Lipinski definition) is 2. The monoisotopic (exact) mass is 409 g/mol. The summed E-state index contributed by atoms with van der Waals surface area (Å²) in [5, 5.41) is 17.7. The Morgan fingerprint density at radius 1 is 0.867 bits per heavy atom. The molecule has 9 heteroatoms. The Morgan fingerprint density at radius 2 is 1.37 bits per heavy atom. The zero-order chi connectivity index (χ0) is 21.5. The molecule has 0 aliphatic rings. The Labute approximate surface area is 174 Å². The van der Waals surface area contributed by atoms with Crippen LogP contribution in [-0.2, 0) is 0 Å². The molecular formula is C21H23N5O4. The molecule has 0 unspecified atom stereocenters. The number of anilines is 4. The Bertz CT molecular complexity index is 1010. The van der Waals surface area contributed by atoms with Gasteiger partial charge in [-0.3, -0.25) is 10.1 Å². The van der Waals surface area contributed by atoms with Crippen molar-refractivity contribution in [2.75, 3.05) is 23.8 Å². The summed E-state index contributed by atoms with van der Waals surface area (Å²) in [6, 6.07) is 14.4. The van der Waals surface area contributed by atoms with Crippen LogP contribution < -0.4 is 20.1 Å². The van der Waals surface area contributed by atoms with Crippen LogP contribution in [0, 0.1) is 17.0 Å². The Morgan fingerprint density at radius 3 is 1.83 bits per heavy atom. The molecule has 3 aromatic rings. The van der Waals surface area contributed by atoms with Crippen LogP contribution in [0.1, 0.15) is 19.5 Å². The van der Waals surface area contributed by atoms with Crippen molar-refractivity contribution in [3.8, 4) is 11.5 Å². The molecule has 0 spiro atoms. The summed E-state index contributed by atoms with van der Waals surface area (Å²) in [6.07, 6.45) is 0. The van der Waals surface area contributed by atoms with E-state index in [-0.39, 0.29) is 23.1 Å². The molecule has 1 aromatic heterocycles. The van der Waals surface area contributed by atoms with Crippen molar-refractivity contribution in [3.05, 3.63) is 64.3 Å². The smallest absolute Gasteiger partial charge is 0.332 e. The fourth-order valence-corrected chi connectivity index (χ4v) is 2.80. The van der Waals surface area contributed by atoms with Crippen molar-refractivity contribution in [2.45, 2.75) is 20.8 Å². The highest BCUT2D eigenvalue weighted by Crippen LogP contribution is 2.31. The number of rotatable bonds is 9. The number of ether oxygens (including phenoxy) is 2.